The van der Waals surface area contributed by atoms with Gasteiger partial charge in [0.15, 0.2) is 11.5 Å². The Morgan fingerprint density at radius 2 is 2.00 bits per heavy atom. The standard InChI is InChI=1S/C18H15F3N6O/c1-23-14(8-9-22)17(28)25-16-10-24-15-7-6-13(26-27(15)16)11-4-2-3-5-12(11)18(19,20)21/h2-10H,22H2,1H3,(H,25,28)/b9-8-,23-14?. The zero-order valence-corrected chi connectivity index (χ0v) is 14.6. The first-order chi connectivity index (χ1) is 13.3. The molecule has 0 bridgehead atoms. The summed E-state index contributed by atoms with van der Waals surface area (Å²) >= 11 is 0. The Balaban J connectivity index is 2.04. The monoisotopic (exact) mass is 388 g/mol. The van der Waals surface area contributed by atoms with Crippen LogP contribution in [0.4, 0.5) is 19.0 Å². The summed E-state index contributed by atoms with van der Waals surface area (Å²) in [5, 5.41) is 6.78. The number of aromatic nitrogens is 3. The molecule has 3 aromatic rings. The minimum atomic E-state index is -4.53. The van der Waals surface area contributed by atoms with Gasteiger partial charge in [-0.3, -0.25) is 9.79 Å². The van der Waals surface area contributed by atoms with Crippen molar-refractivity contribution in [1.82, 2.24) is 14.6 Å². The van der Waals surface area contributed by atoms with Crippen molar-refractivity contribution in [2.45, 2.75) is 6.18 Å². The van der Waals surface area contributed by atoms with Crippen molar-refractivity contribution in [1.29, 1.82) is 0 Å². The van der Waals surface area contributed by atoms with Gasteiger partial charge in [0.05, 0.1) is 17.5 Å². The molecule has 2 heterocycles. The normalized spacial score (nSPS) is 12.6. The zero-order chi connectivity index (χ0) is 20.3. The molecular formula is C18H15F3N6O. The van der Waals surface area contributed by atoms with Crippen LogP contribution in [0.5, 0.6) is 0 Å². The van der Waals surface area contributed by atoms with Gasteiger partial charge >= 0.3 is 6.18 Å². The third-order valence-corrected chi connectivity index (χ3v) is 3.84. The molecule has 0 aliphatic heterocycles. The average molecular weight is 388 g/mol. The number of anilines is 1. The lowest BCUT2D eigenvalue weighted by molar-refractivity contribution is -0.137. The number of benzene rings is 1. The smallest absolute Gasteiger partial charge is 0.405 e. The van der Waals surface area contributed by atoms with E-state index >= 15 is 0 Å². The molecule has 0 unspecified atom stereocenters. The van der Waals surface area contributed by atoms with E-state index in [1.165, 1.54) is 60.4 Å². The molecule has 28 heavy (non-hydrogen) atoms. The molecular weight excluding hydrogens is 373 g/mol. The van der Waals surface area contributed by atoms with Crippen LogP contribution in [-0.4, -0.2) is 33.3 Å². The molecule has 0 radical (unpaired) electrons. The van der Waals surface area contributed by atoms with E-state index in [2.05, 4.69) is 20.4 Å². The lowest BCUT2D eigenvalue weighted by atomic mass is 10.0. The fourth-order valence-electron chi connectivity index (χ4n) is 2.58. The Morgan fingerprint density at radius 3 is 2.68 bits per heavy atom. The summed E-state index contributed by atoms with van der Waals surface area (Å²) < 4.78 is 41.2. The van der Waals surface area contributed by atoms with E-state index in [9.17, 15) is 18.0 Å². The molecule has 144 valence electrons. The molecule has 2 aromatic heterocycles. The van der Waals surface area contributed by atoms with Crippen LogP contribution in [0.1, 0.15) is 5.56 Å². The maximum Gasteiger partial charge on any atom is 0.417 e. The molecule has 7 nitrogen and oxygen atoms in total. The number of imidazole rings is 1. The zero-order valence-electron chi connectivity index (χ0n) is 14.6. The molecule has 0 spiro atoms. The number of aliphatic imine (C=N–C) groups is 1. The number of amides is 1. The first kappa shape index (κ1) is 19.1. The minimum Gasteiger partial charge on any atom is -0.405 e. The fourth-order valence-corrected chi connectivity index (χ4v) is 2.58. The van der Waals surface area contributed by atoms with Crippen molar-refractivity contribution in [3.8, 4) is 11.3 Å². The first-order valence-electron chi connectivity index (χ1n) is 8.03. The highest BCUT2D eigenvalue weighted by Crippen LogP contribution is 2.36. The first-order valence-corrected chi connectivity index (χ1v) is 8.03. The second kappa shape index (κ2) is 7.51. The summed E-state index contributed by atoms with van der Waals surface area (Å²) in [6.45, 7) is 0. The van der Waals surface area contributed by atoms with E-state index in [0.29, 0.717) is 5.65 Å². The molecule has 10 heteroatoms. The van der Waals surface area contributed by atoms with Crippen LogP contribution in [0.15, 0.2) is 59.9 Å². The van der Waals surface area contributed by atoms with Crippen LogP contribution in [0.3, 0.4) is 0 Å². The molecule has 0 saturated heterocycles. The van der Waals surface area contributed by atoms with Crippen LogP contribution in [0, 0.1) is 0 Å². The van der Waals surface area contributed by atoms with E-state index in [1.54, 1.807) is 0 Å². The lowest BCUT2D eigenvalue weighted by Crippen LogP contribution is -2.22. The highest BCUT2D eigenvalue weighted by atomic mass is 19.4. The number of alkyl halides is 3. The van der Waals surface area contributed by atoms with Crippen molar-refractivity contribution < 1.29 is 18.0 Å². The predicted octanol–water partition coefficient (Wildman–Crippen LogP) is 2.90. The van der Waals surface area contributed by atoms with Crippen LogP contribution >= 0.6 is 0 Å². The second-order valence-corrected chi connectivity index (χ2v) is 5.60. The lowest BCUT2D eigenvalue weighted by Gasteiger charge is -2.12. The number of nitrogens with two attached hydrogens (primary N) is 1. The quantitative estimate of drug-likeness (QED) is 0.672. The SMILES string of the molecule is CN=C(/C=C\N)C(=O)Nc1cnc2ccc(-c3ccccc3C(F)(F)F)nn12. The Hall–Kier alpha value is -3.69. The molecule has 0 aliphatic carbocycles. The molecule has 3 N–H and O–H groups in total. The maximum absolute atomic E-state index is 13.3. The highest BCUT2D eigenvalue weighted by molar-refractivity contribution is 6.47. The van der Waals surface area contributed by atoms with Crippen LogP contribution in [0.2, 0.25) is 0 Å². The van der Waals surface area contributed by atoms with Crippen molar-refractivity contribution >= 4 is 23.1 Å². The summed E-state index contributed by atoms with van der Waals surface area (Å²) in [6, 6.07) is 8.08. The number of fused-ring (bicyclic) bond motifs is 1. The van der Waals surface area contributed by atoms with Gasteiger partial charge in [-0.1, -0.05) is 18.2 Å². The third kappa shape index (κ3) is 3.70. The molecule has 0 saturated carbocycles. The van der Waals surface area contributed by atoms with E-state index in [0.717, 1.165) is 6.07 Å². The van der Waals surface area contributed by atoms with Crippen LogP contribution in [0.25, 0.3) is 16.9 Å². The maximum atomic E-state index is 13.3. The molecule has 1 amide bonds. The number of halogens is 3. The summed E-state index contributed by atoms with van der Waals surface area (Å²) in [5.74, 6) is -0.383. The van der Waals surface area contributed by atoms with Gasteiger partial charge in [0.2, 0.25) is 0 Å². The van der Waals surface area contributed by atoms with Gasteiger partial charge in [0.25, 0.3) is 5.91 Å². The van der Waals surface area contributed by atoms with Crippen molar-refractivity contribution in [3.63, 3.8) is 0 Å². The number of hydrogen-bond donors (Lipinski definition) is 2. The van der Waals surface area contributed by atoms with E-state index < -0.39 is 17.6 Å². The Kier molecular flexibility index (Phi) is 5.12. The summed E-state index contributed by atoms with van der Waals surface area (Å²) in [6.07, 6.45) is -0.697. The number of carbonyl (C=O) groups is 1. The largest absolute Gasteiger partial charge is 0.417 e. The Morgan fingerprint density at radius 1 is 1.25 bits per heavy atom. The van der Waals surface area contributed by atoms with Crippen LogP contribution in [-0.2, 0) is 11.0 Å². The number of nitrogens with one attached hydrogen (secondary N) is 1. The predicted molar refractivity (Wildman–Crippen MR) is 98.7 cm³/mol. The summed E-state index contributed by atoms with van der Waals surface area (Å²) in [4.78, 5) is 20.1. The topological polar surface area (TPSA) is 97.7 Å². The summed E-state index contributed by atoms with van der Waals surface area (Å²) in [5.41, 5.74) is 4.90. The van der Waals surface area contributed by atoms with Gasteiger partial charge in [-0.2, -0.15) is 22.8 Å². The van der Waals surface area contributed by atoms with Gasteiger partial charge in [-0.05, 0) is 30.5 Å². The third-order valence-electron chi connectivity index (χ3n) is 3.84. The van der Waals surface area contributed by atoms with Gasteiger partial charge in [-0.25, -0.2) is 4.98 Å². The van der Waals surface area contributed by atoms with E-state index in [-0.39, 0.29) is 22.8 Å². The van der Waals surface area contributed by atoms with Gasteiger partial charge in [0, 0.05) is 12.6 Å². The molecule has 0 atom stereocenters. The molecule has 0 fully saturated rings. The summed E-state index contributed by atoms with van der Waals surface area (Å²) in [7, 11) is 1.42. The van der Waals surface area contributed by atoms with Crippen molar-refractivity contribution in [3.05, 3.63) is 60.4 Å². The van der Waals surface area contributed by atoms with Gasteiger partial charge in [-0.15, -0.1) is 0 Å². The highest BCUT2D eigenvalue weighted by Gasteiger charge is 2.33. The Bertz CT molecular complexity index is 1080. The van der Waals surface area contributed by atoms with Gasteiger partial charge < -0.3 is 11.1 Å². The van der Waals surface area contributed by atoms with E-state index in [1.807, 2.05) is 0 Å². The van der Waals surface area contributed by atoms with E-state index in [4.69, 9.17) is 5.73 Å². The van der Waals surface area contributed by atoms with Crippen molar-refractivity contribution in [2.24, 2.45) is 10.7 Å². The number of rotatable bonds is 4. The fraction of sp³-hybridized carbons (Fsp3) is 0.111. The Labute approximate surface area is 157 Å². The van der Waals surface area contributed by atoms with Crippen molar-refractivity contribution in [2.75, 3.05) is 12.4 Å². The minimum absolute atomic E-state index is 0.0658. The molecule has 0 aliphatic rings. The van der Waals surface area contributed by atoms with Gasteiger partial charge in [0.1, 0.15) is 5.71 Å². The molecule has 1 aromatic carbocycles. The average Bonchev–Trinajstić information content (AvgIpc) is 3.07. The number of nitrogens with zero attached hydrogens (tertiary/aromatic N) is 4. The van der Waals surface area contributed by atoms with Crippen LogP contribution < -0.4 is 11.1 Å². The number of hydrogen-bond acceptors (Lipinski definition) is 5. The number of carbonyl (C=O) groups excluding carboxylic acids is 1. The molecule has 3 rings (SSSR count). The second-order valence-electron chi connectivity index (χ2n) is 5.60.